The molecule has 0 fully saturated rings. The molecule has 0 atom stereocenters. The molecule has 0 unspecified atom stereocenters. The van der Waals surface area contributed by atoms with E-state index >= 15 is 0 Å². The molecule has 0 aliphatic carbocycles. The van der Waals surface area contributed by atoms with Crippen LogP contribution in [0.5, 0.6) is 0 Å². The van der Waals surface area contributed by atoms with Gasteiger partial charge < -0.3 is 0 Å². The van der Waals surface area contributed by atoms with Crippen molar-refractivity contribution in [2.75, 3.05) is 0 Å². The van der Waals surface area contributed by atoms with Gasteiger partial charge in [-0.05, 0) is 0 Å². The summed E-state index contributed by atoms with van der Waals surface area (Å²) in [5.74, 6) is 0. The van der Waals surface area contributed by atoms with Crippen molar-refractivity contribution in [1.29, 1.82) is 0 Å². The first-order valence-corrected chi connectivity index (χ1v) is 2.26. The van der Waals surface area contributed by atoms with E-state index in [1.165, 1.54) is 0 Å². The Balaban J connectivity index is 0. The van der Waals surface area contributed by atoms with Crippen molar-refractivity contribution in [2.45, 2.75) is 0 Å². The van der Waals surface area contributed by atoms with Crippen LogP contribution in [-0.4, -0.2) is 0 Å². The second-order valence-corrected chi connectivity index (χ2v) is 0.922. The Bertz CT molecular complexity index is 55.3. The zero-order chi connectivity index (χ0) is 3.58. The molecule has 3 nitrogen and oxygen atoms in total. The second-order valence-electron chi connectivity index (χ2n) is 0.224. The van der Waals surface area contributed by atoms with Crippen LogP contribution in [0.3, 0.4) is 0 Å². The average Bonchev–Trinajstić information content (AvgIpc) is 0.811. The van der Waals surface area contributed by atoms with Gasteiger partial charge in [-0.2, -0.15) is 0 Å². The first-order valence-electron chi connectivity index (χ1n) is 0.548. The van der Waals surface area contributed by atoms with Crippen molar-refractivity contribution < 1.29 is 45.6 Å². The van der Waals surface area contributed by atoms with Gasteiger partial charge in [-0.15, -0.1) is 0 Å². The first-order chi connectivity index (χ1) is 1.73. The van der Waals surface area contributed by atoms with Crippen LogP contribution in [0.4, 0.5) is 0 Å². The Morgan fingerprint density at radius 3 is 1.40 bits per heavy atom. The van der Waals surface area contributed by atoms with E-state index < -0.39 is 15.4 Å². The normalized spacial score (nSPS) is 5.00. The van der Waals surface area contributed by atoms with E-state index in [1.54, 1.807) is 0 Å². The zero-order valence-corrected chi connectivity index (χ0v) is 4.07. The Kier molecular flexibility index (Phi) is 8.74. The van der Waals surface area contributed by atoms with Crippen molar-refractivity contribution in [1.82, 2.24) is 0 Å². The minimum absolute atomic E-state index is 0. The van der Waals surface area contributed by atoms with Gasteiger partial charge in [0.25, 0.3) is 0 Å². The molecule has 5 heteroatoms. The molecule has 0 N–H and O–H groups in total. The molecule has 0 aromatic heterocycles. The van der Waals surface area contributed by atoms with Gasteiger partial charge in [-0.3, -0.25) is 0 Å². The third kappa shape index (κ3) is 64.8. The molecule has 0 rings (SSSR count). The molecule has 0 heterocycles. The van der Waals surface area contributed by atoms with E-state index in [2.05, 4.69) is 0 Å². The molecular weight excluding hydrogens is 106 g/mol. The minimum atomic E-state index is -3.94. The van der Waals surface area contributed by atoms with E-state index in [0.717, 1.165) is 0 Å². The van der Waals surface area contributed by atoms with Crippen molar-refractivity contribution in [3.8, 4) is 0 Å². The third-order valence-electron chi connectivity index (χ3n) is 0. The molecule has 5 heavy (non-hydrogen) atoms. The summed E-state index contributed by atoms with van der Waals surface area (Å²) < 4.78 is 25.7. The van der Waals surface area contributed by atoms with E-state index in [-0.39, 0.29) is 18.9 Å². The molecule has 0 spiro atoms. The van der Waals surface area contributed by atoms with Crippen LogP contribution in [0.2, 0.25) is 0 Å². The molecule has 0 radical (unpaired) electrons. The number of hydrogen-bond donors (Lipinski definition) is 0. The van der Waals surface area contributed by atoms with Gasteiger partial charge in [-0.1, -0.05) is 0 Å². The van der Waals surface area contributed by atoms with Gasteiger partial charge in [0, 0.05) is 0 Å². The van der Waals surface area contributed by atoms with Crippen LogP contribution in [0.1, 0.15) is 0 Å². The zero-order valence-electron chi connectivity index (χ0n) is 2.67. The number of rotatable bonds is 0. The molecule has 0 bridgehead atoms. The van der Waals surface area contributed by atoms with Crippen LogP contribution in [0, 0.1) is 0 Å². The molecule has 0 aromatic carbocycles. The fraction of sp³-hybridized carbons (Fsp3) is 0. The maximum atomic E-state index is 8.56. The van der Waals surface area contributed by atoms with Crippen molar-refractivity contribution >= 4 is 0 Å². The third-order valence-corrected chi connectivity index (χ3v) is 0. The molecule has 0 aliphatic heterocycles. The number of hydrogen-bond acceptors (Lipinski definition) is 3. The summed E-state index contributed by atoms with van der Waals surface area (Å²) in [6, 6.07) is 0. The Hall–Kier alpha value is 0.742. The molecule has 0 saturated carbocycles. The predicted octanol–water partition coefficient (Wildman–Crippen LogP) is -4.43. The Morgan fingerprint density at radius 1 is 1.40 bits per heavy atom. The van der Waals surface area contributed by atoms with E-state index in [1.807, 2.05) is 0 Å². The van der Waals surface area contributed by atoms with Gasteiger partial charge in [0.1, 0.15) is 0 Å². The van der Waals surface area contributed by atoms with Crippen molar-refractivity contribution in [3.63, 3.8) is 0 Å². The molecular formula is LiO3V. The summed E-state index contributed by atoms with van der Waals surface area (Å²) in [6.07, 6.45) is 0. The quantitative estimate of drug-likeness (QED) is 0.293. The summed E-state index contributed by atoms with van der Waals surface area (Å²) in [5, 5.41) is 0. The summed E-state index contributed by atoms with van der Waals surface area (Å²) >= 11 is -3.94. The maximum absolute atomic E-state index is 8.56. The Labute approximate surface area is 45.9 Å². The summed E-state index contributed by atoms with van der Waals surface area (Å²) in [4.78, 5) is 0. The standard InChI is InChI=1S/Li.3O.V/q+1;;;-1;. The van der Waals surface area contributed by atoms with Crippen LogP contribution in [0.25, 0.3) is 0 Å². The molecule has 0 aliphatic rings. The second kappa shape index (κ2) is 4.74. The van der Waals surface area contributed by atoms with Crippen LogP contribution in [-0.2, 0) is 22.7 Å². The topological polar surface area (TPSA) is 57.2 Å². The average molecular weight is 106 g/mol. The Morgan fingerprint density at radius 2 is 1.40 bits per heavy atom. The molecule has 0 aromatic rings. The van der Waals surface area contributed by atoms with Crippen molar-refractivity contribution in [3.05, 3.63) is 0 Å². The summed E-state index contributed by atoms with van der Waals surface area (Å²) in [6.45, 7) is 0. The summed E-state index contributed by atoms with van der Waals surface area (Å²) in [7, 11) is 0. The van der Waals surface area contributed by atoms with Crippen LogP contribution in [0.15, 0.2) is 0 Å². The molecule has 0 amide bonds. The van der Waals surface area contributed by atoms with Crippen LogP contribution < -0.4 is 22.9 Å². The van der Waals surface area contributed by atoms with Gasteiger partial charge in [0.15, 0.2) is 0 Å². The predicted molar refractivity (Wildman–Crippen MR) is 1.37 cm³/mol. The van der Waals surface area contributed by atoms with Gasteiger partial charge in [0.05, 0.1) is 0 Å². The molecule has 24 valence electrons. The van der Waals surface area contributed by atoms with Crippen LogP contribution >= 0.6 is 0 Å². The molecule has 0 saturated heterocycles. The first kappa shape index (κ1) is 9.22. The van der Waals surface area contributed by atoms with Crippen molar-refractivity contribution in [2.24, 2.45) is 0 Å². The van der Waals surface area contributed by atoms with E-state index in [4.69, 9.17) is 11.4 Å². The summed E-state index contributed by atoms with van der Waals surface area (Å²) in [5.41, 5.74) is 0. The van der Waals surface area contributed by atoms with E-state index in [0.29, 0.717) is 0 Å². The SMILES string of the molecule is [Li+].[O]=[V](=[O])[O-]. The fourth-order valence-corrected chi connectivity index (χ4v) is 0. The van der Waals surface area contributed by atoms with Gasteiger partial charge in [-0.25, -0.2) is 0 Å². The monoisotopic (exact) mass is 106 g/mol. The van der Waals surface area contributed by atoms with Gasteiger partial charge >= 0.3 is 45.6 Å². The van der Waals surface area contributed by atoms with Gasteiger partial charge in [0.2, 0.25) is 0 Å². The van der Waals surface area contributed by atoms with E-state index in [9.17, 15) is 0 Å². The fourth-order valence-electron chi connectivity index (χ4n) is 0.